The van der Waals surface area contributed by atoms with Gasteiger partial charge in [-0.1, -0.05) is 37.6 Å². The zero-order valence-corrected chi connectivity index (χ0v) is 18.8. The van der Waals surface area contributed by atoms with Crippen molar-refractivity contribution in [3.63, 3.8) is 0 Å². The van der Waals surface area contributed by atoms with Gasteiger partial charge in [-0.15, -0.1) is 0 Å². The molecule has 1 aliphatic carbocycles. The smallest absolute Gasteiger partial charge is 0.268 e. The molecule has 0 saturated carbocycles. The Balaban J connectivity index is 1.56. The summed E-state index contributed by atoms with van der Waals surface area (Å²) in [6, 6.07) is 13.6. The first-order valence-corrected chi connectivity index (χ1v) is 12.5. The molecule has 0 radical (unpaired) electrons. The molecule has 1 atom stereocenters. The van der Waals surface area contributed by atoms with E-state index in [0.29, 0.717) is 17.8 Å². The molecular formula is C24H29N3O3S. The van der Waals surface area contributed by atoms with Crippen LogP contribution in [0.2, 0.25) is 0 Å². The normalized spacial score (nSPS) is 16.1. The number of H-pyrrole nitrogens is 1. The van der Waals surface area contributed by atoms with Crippen molar-refractivity contribution in [3.8, 4) is 0 Å². The number of carbonyl (C=O) groups excluding carboxylic acids is 1. The first-order chi connectivity index (χ1) is 14.9. The molecule has 0 bridgehead atoms. The lowest BCUT2D eigenvalue weighted by Gasteiger charge is -2.26. The minimum atomic E-state index is -3.37. The average Bonchev–Trinajstić information content (AvgIpc) is 3.08. The Hall–Kier alpha value is -2.80. The van der Waals surface area contributed by atoms with Gasteiger partial charge in [0.15, 0.2) is 0 Å². The van der Waals surface area contributed by atoms with Crippen molar-refractivity contribution in [2.75, 3.05) is 10.5 Å². The van der Waals surface area contributed by atoms with Crippen molar-refractivity contribution in [1.82, 2.24) is 10.3 Å². The van der Waals surface area contributed by atoms with Crippen LogP contribution in [0.1, 0.15) is 65.8 Å². The van der Waals surface area contributed by atoms with Gasteiger partial charge in [-0.05, 0) is 67.5 Å². The molecule has 2 aromatic carbocycles. The van der Waals surface area contributed by atoms with Crippen molar-refractivity contribution in [1.29, 1.82) is 0 Å². The summed E-state index contributed by atoms with van der Waals surface area (Å²) >= 11 is 0. The molecule has 0 saturated heterocycles. The number of rotatable bonds is 7. The lowest BCUT2D eigenvalue weighted by Crippen LogP contribution is -2.31. The van der Waals surface area contributed by atoms with E-state index in [0.717, 1.165) is 42.1 Å². The number of anilines is 1. The first kappa shape index (κ1) is 21.4. The molecule has 31 heavy (non-hydrogen) atoms. The Morgan fingerprint density at radius 1 is 1.19 bits per heavy atom. The van der Waals surface area contributed by atoms with Gasteiger partial charge in [0.1, 0.15) is 5.69 Å². The minimum absolute atomic E-state index is 0.00389. The van der Waals surface area contributed by atoms with Crippen molar-refractivity contribution >= 4 is 32.5 Å². The van der Waals surface area contributed by atoms with E-state index in [-0.39, 0.29) is 17.7 Å². The molecule has 164 valence electrons. The number of carbonyl (C=O) groups is 1. The molecule has 0 fully saturated rings. The third-order valence-electron chi connectivity index (χ3n) is 6.00. The Morgan fingerprint density at radius 3 is 2.81 bits per heavy atom. The van der Waals surface area contributed by atoms with Crippen molar-refractivity contribution < 1.29 is 13.2 Å². The van der Waals surface area contributed by atoms with Gasteiger partial charge in [-0.3, -0.25) is 9.52 Å². The largest absolute Gasteiger partial charge is 0.350 e. The molecule has 1 unspecified atom stereocenters. The summed E-state index contributed by atoms with van der Waals surface area (Å²) in [7, 11) is -3.37. The molecule has 3 aromatic rings. The minimum Gasteiger partial charge on any atom is -0.350 e. The van der Waals surface area contributed by atoms with Gasteiger partial charge < -0.3 is 10.3 Å². The predicted octanol–water partition coefficient (Wildman–Crippen LogP) is 4.83. The summed E-state index contributed by atoms with van der Waals surface area (Å²) in [6.45, 7) is 3.85. The van der Waals surface area contributed by atoms with Crippen LogP contribution >= 0.6 is 0 Å². The SMILES string of the molecule is CCCCS(=O)(=O)Nc1ccc2[nH]c(C(=O)NC3CCCc4ccccc43)c(C)c2c1. The van der Waals surface area contributed by atoms with Gasteiger partial charge in [0.25, 0.3) is 5.91 Å². The molecular weight excluding hydrogens is 410 g/mol. The zero-order valence-electron chi connectivity index (χ0n) is 18.0. The highest BCUT2D eigenvalue weighted by molar-refractivity contribution is 7.92. The fraction of sp³-hybridized carbons (Fsp3) is 0.375. The number of aryl methyl sites for hydroxylation is 2. The topological polar surface area (TPSA) is 91.1 Å². The van der Waals surface area contributed by atoms with Crippen LogP contribution in [0.4, 0.5) is 5.69 Å². The number of aromatic nitrogens is 1. The molecule has 0 aliphatic heterocycles. The lowest BCUT2D eigenvalue weighted by atomic mass is 9.87. The number of sulfonamides is 1. The van der Waals surface area contributed by atoms with Gasteiger partial charge in [-0.25, -0.2) is 8.42 Å². The standard InChI is InChI=1S/C24H29N3O3S/c1-3-4-14-31(29,30)27-18-12-13-22-20(15-18)16(2)23(25-22)24(28)26-21-11-7-9-17-8-5-6-10-19(17)21/h5-6,8,10,12-13,15,21,25,27H,3-4,7,9,11,14H2,1-2H3,(H,26,28). The van der Waals surface area contributed by atoms with Crippen LogP contribution < -0.4 is 10.0 Å². The Bertz CT molecular complexity index is 1210. The molecule has 1 aliphatic rings. The lowest BCUT2D eigenvalue weighted by molar-refractivity contribution is 0.0928. The van der Waals surface area contributed by atoms with Gasteiger partial charge >= 0.3 is 0 Å². The molecule has 4 rings (SSSR count). The number of benzene rings is 2. The van der Waals surface area contributed by atoms with Crippen molar-refractivity contribution in [2.45, 2.75) is 52.0 Å². The molecule has 7 heteroatoms. The maximum Gasteiger partial charge on any atom is 0.268 e. The first-order valence-electron chi connectivity index (χ1n) is 10.9. The summed E-state index contributed by atoms with van der Waals surface area (Å²) in [4.78, 5) is 16.3. The third-order valence-corrected chi connectivity index (χ3v) is 7.37. The summed E-state index contributed by atoms with van der Waals surface area (Å²) < 4.78 is 27.1. The number of amides is 1. The maximum atomic E-state index is 13.1. The molecule has 3 N–H and O–H groups in total. The van der Waals surface area contributed by atoms with Crippen LogP contribution in [0.3, 0.4) is 0 Å². The number of hydrogen-bond donors (Lipinski definition) is 3. The van der Waals surface area contributed by atoms with Gasteiger partial charge in [0, 0.05) is 16.6 Å². The second-order valence-corrected chi connectivity index (χ2v) is 10.1. The second-order valence-electron chi connectivity index (χ2n) is 8.28. The van der Waals surface area contributed by atoms with Crippen molar-refractivity contribution in [2.24, 2.45) is 0 Å². The van der Waals surface area contributed by atoms with Crippen LogP contribution in [0, 0.1) is 6.92 Å². The van der Waals surface area contributed by atoms with E-state index in [4.69, 9.17) is 0 Å². The number of nitrogens with one attached hydrogen (secondary N) is 3. The number of fused-ring (bicyclic) bond motifs is 2. The second kappa shape index (κ2) is 8.75. The Kier molecular flexibility index (Phi) is 6.05. The quantitative estimate of drug-likeness (QED) is 0.493. The molecule has 1 amide bonds. The van der Waals surface area contributed by atoms with E-state index in [1.54, 1.807) is 12.1 Å². The highest BCUT2D eigenvalue weighted by Crippen LogP contribution is 2.31. The predicted molar refractivity (Wildman–Crippen MR) is 125 cm³/mol. The number of hydrogen-bond acceptors (Lipinski definition) is 3. The van der Waals surface area contributed by atoms with Crippen LogP contribution in [-0.2, 0) is 16.4 Å². The van der Waals surface area contributed by atoms with Gasteiger partial charge in [0.05, 0.1) is 11.8 Å². The van der Waals surface area contributed by atoms with Crippen LogP contribution in [0.15, 0.2) is 42.5 Å². The fourth-order valence-electron chi connectivity index (χ4n) is 4.32. The summed E-state index contributed by atoms with van der Waals surface area (Å²) in [5.41, 5.74) is 5.14. The van der Waals surface area contributed by atoms with E-state index in [9.17, 15) is 13.2 Å². The maximum absolute atomic E-state index is 13.1. The highest BCUT2D eigenvalue weighted by atomic mass is 32.2. The summed E-state index contributed by atoms with van der Waals surface area (Å²) in [6.07, 6.45) is 4.46. The summed E-state index contributed by atoms with van der Waals surface area (Å²) in [5.74, 6) is -0.0371. The van der Waals surface area contributed by atoms with E-state index in [1.807, 2.05) is 32.0 Å². The fourth-order valence-corrected chi connectivity index (χ4v) is 5.57. The van der Waals surface area contributed by atoms with E-state index >= 15 is 0 Å². The van der Waals surface area contributed by atoms with E-state index in [2.05, 4.69) is 27.2 Å². The van der Waals surface area contributed by atoms with Crippen LogP contribution in [0.25, 0.3) is 10.9 Å². The Labute approximate surface area is 183 Å². The third kappa shape index (κ3) is 4.61. The Morgan fingerprint density at radius 2 is 2.00 bits per heavy atom. The molecule has 6 nitrogen and oxygen atoms in total. The zero-order chi connectivity index (χ0) is 22.0. The van der Waals surface area contributed by atoms with Crippen LogP contribution in [-0.4, -0.2) is 25.1 Å². The molecule has 1 heterocycles. The van der Waals surface area contributed by atoms with Crippen molar-refractivity contribution in [3.05, 3.63) is 64.8 Å². The average molecular weight is 440 g/mol. The van der Waals surface area contributed by atoms with E-state index in [1.165, 1.54) is 11.1 Å². The highest BCUT2D eigenvalue weighted by Gasteiger charge is 2.24. The van der Waals surface area contributed by atoms with E-state index < -0.39 is 10.0 Å². The summed E-state index contributed by atoms with van der Waals surface area (Å²) in [5, 5.41) is 4.03. The van der Waals surface area contributed by atoms with Gasteiger partial charge in [0.2, 0.25) is 10.0 Å². The molecule has 1 aromatic heterocycles. The monoisotopic (exact) mass is 439 g/mol. The molecule has 0 spiro atoms. The number of unbranched alkanes of at least 4 members (excludes halogenated alkanes) is 1. The van der Waals surface area contributed by atoms with Crippen LogP contribution in [0.5, 0.6) is 0 Å². The van der Waals surface area contributed by atoms with Gasteiger partial charge in [-0.2, -0.15) is 0 Å². The number of aromatic amines is 1.